The minimum absolute atomic E-state index is 0.910. The maximum Gasteiger partial charge on any atom is 0.0993 e. The Morgan fingerprint density at radius 1 is 0.778 bits per heavy atom. The molecule has 90 valence electrons. The number of hydrogen-bond donors (Lipinski definition) is 0. The van der Waals surface area contributed by atoms with Crippen molar-refractivity contribution in [3.05, 3.63) is 44.2 Å². The van der Waals surface area contributed by atoms with Crippen LogP contribution in [0.1, 0.15) is 0 Å². The van der Waals surface area contributed by atoms with Gasteiger partial charge in [0.15, 0.2) is 0 Å². The maximum absolute atomic E-state index is 4.66. The number of aromatic nitrogens is 2. The van der Waals surface area contributed by atoms with E-state index in [1.807, 2.05) is 24.3 Å². The van der Waals surface area contributed by atoms with E-state index >= 15 is 0 Å². The Kier molecular flexibility index (Phi) is 3.61. The van der Waals surface area contributed by atoms with Gasteiger partial charge in [-0.1, -0.05) is 0 Å². The lowest BCUT2D eigenvalue weighted by Gasteiger charge is -1.99. The Labute approximate surface area is 129 Å². The quantitative estimate of drug-likeness (QED) is 0.569. The lowest BCUT2D eigenvalue weighted by atomic mass is 10.3. The van der Waals surface area contributed by atoms with E-state index in [0.29, 0.717) is 0 Å². The molecule has 3 aromatic heterocycles. The molecule has 0 N–H and O–H groups in total. The van der Waals surface area contributed by atoms with E-state index < -0.39 is 0 Å². The van der Waals surface area contributed by atoms with Gasteiger partial charge in [0.05, 0.1) is 41.1 Å². The zero-order chi connectivity index (χ0) is 12.5. The number of rotatable bonds is 2. The molecule has 0 saturated carbocycles. The number of hydrogen-bond acceptors (Lipinski definition) is 4. The Morgan fingerprint density at radius 3 is 1.67 bits per heavy atom. The minimum Gasteiger partial charge on any atom is -0.260 e. The SMILES string of the molecule is Brc1ccc(-c2cncc(-c3ccc(Br)s3)n2)s1. The third-order valence-corrected chi connectivity index (χ3v) is 5.58. The molecule has 6 heteroatoms. The van der Waals surface area contributed by atoms with Crippen LogP contribution in [0.15, 0.2) is 44.2 Å². The molecule has 0 aliphatic carbocycles. The van der Waals surface area contributed by atoms with Crippen LogP contribution in [-0.4, -0.2) is 9.97 Å². The summed E-state index contributed by atoms with van der Waals surface area (Å²) in [6.45, 7) is 0. The van der Waals surface area contributed by atoms with Gasteiger partial charge in [0.1, 0.15) is 0 Å². The summed E-state index contributed by atoms with van der Waals surface area (Å²) < 4.78 is 2.20. The molecule has 0 aromatic carbocycles. The second kappa shape index (κ2) is 5.21. The van der Waals surface area contributed by atoms with E-state index in [-0.39, 0.29) is 0 Å². The van der Waals surface area contributed by atoms with Gasteiger partial charge in [-0.3, -0.25) is 4.98 Å². The fourth-order valence-corrected chi connectivity index (χ4v) is 4.19. The van der Waals surface area contributed by atoms with E-state index in [1.54, 1.807) is 35.1 Å². The molecular formula is C12H6Br2N2S2. The molecule has 0 atom stereocenters. The molecule has 0 aliphatic heterocycles. The first-order valence-corrected chi connectivity index (χ1v) is 8.28. The minimum atomic E-state index is 0.910. The molecule has 3 rings (SSSR count). The average molecular weight is 402 g/mol. The normalized spacial score (nSPS) is 10.8. The van der Waals surface area contributed by atoms with Crippen LogP contribution in [0, 0.1) is 0 Å². The Hall–Kier alpha value is -0.560. The van der Waals surface area contributed by atoms with Crippen LogP contribution in [0.4, 0.5) is 0 Å². The van der Waals surface area contributed by atoms with Crippen molar-refractivity contribution >= 4 is 54.5 Å². The summed E-state index contributed by atoms with van der Waals surface area (Å²) in [5, 5.41) is 0. The van der Waals surface area contributed by atoms with Crippen LogP contribution in [0.5, 0.6) is 0 Å². The highest BCUT2D eigenvalue weighted by atomic mass is 79.9. The first-order valence-electron chi connectivity index (χ1n) is 5.06. The summed E-state index contributed by atoms with van der Waals surface area (Å²) >= 11 is 10.2. The molecule has 2 nitrogen and oxygen atoms in total. The predicted octanol–water partition coefficient (Wildman–Crippen LogP) is 5.46. The standard InChI is InChI=1S/C12H6Br2N2S2/c13-11-3-1-9(17-11)7-5-15-6-8(16-7)10-2-4-12(14)18-10/h1-6H. The average Bonchev–Trinajstić information content (AvgIpc) is 2.98. The first-order chi connectivity index (χ1) is 8.72. The van der Waals surface area contributed by atoms with Gasteiger partial charge >= 0.3 is 0 Å². The van der Waals surface area contributed by atoms with Crippen LogP contribution >= 0.6 is 54.5 Å². The first kappa shape index (κ1) is 12.5. The third-order valence-electron chi connectivity index (χ3n) is 2.29. The van der Waals surface area contributed by atoms with E-state index in [1.165, 1.54) is 0 Å². The van der Waals surface area contributed by atoms with Crippen molar-refractivity contribution in [2.45, 2.75) is 0 Å². The van der Waals surface area contributed by atoms with Crippen molar-refractivity contribution in [3.63, 3.8) is 0 Å². The molecule has 0 fully saturated rings. The molecule has 0 spiro atoms. The number of halogens is 2. The molecule has 18 heavy (non-hydrogen) atoms. The number of thiophene rings is 2. The van der Waals surface area contributed by atoms with Crippen molar-refractivity contribution in [2.75, 3.05) is 0 Å². The third kappa shape index (κ3) is 2.56. The molecular weight excluding hydrogens is 396 g/mol. The van der Waals surface area contributed by atoms with Crippen LogP contribution in [0.25, 0.3) is 21.1 Å². The summed E-state index contributed by atoms with van der Waals surface area (Å²) in [6.07, 6.45) is 3.59. The van der Waals surface area contributed by atoms with Gasteiger partial charge in [-0.25, -0.2) is 4.98 Å². The van der Waals surface area contributed by atoms with Crippen molar-refractivity contribution in [2.24, 2.45) is 0 Å². The van der Waals surface area contributed by atoms with Crippen molar-refractivity contribution in [3.8, 4) is 21.1 Å². The van der Waals surface area contributed by atoms with Gasteiger partial charge in [0, 0.05) is 0 Å². The lowest BCUT2D eigenvalue weighted by Crippen LogP contribution is -1.86. The lowest BCUT2D eigenvalue weighted by molar-refractivity contribution is 1.22. The topological polar surface area (TPSA) is 25.8 Å². The highest BCUT2D eigenvalue weighted by molar-refractivity contribution is 9.11. The highest BCUT2D eigenvalue weighted by Gasteiger charge is 2.07. The van der Waals surface area contributed by atoms with E-state index in [4.69, 9.17) is 0 Å². The molecule has 0 bridgehead atoms. The zero-order valence-corrected chi connectivity index (χ0v) is 13.7. The summed E-state index contributed by atoms with van der Waals surface area (Å²) in [4.78, 5) is 11.2. The summed E-state index contributed by atoms with van der Waals surface area (Å²) in [6, 6.07) is 8.14. The maximum atomic E-state index is 4.66. The Balaban J connectivity index is 2.04. The summed E-state index contributed by atoms with van der Waals surface area (Å²) in [7, 11) is 0. The van der Waals surface area contributed by atoms with E-state index in [9.17, 15) is 0 Å². The molecule has 0 unspecified atom stereocenters. The van der Waals surface area contributed by atoms with Crippen molar-refractivity contribution in [1.82, 2.24) is 9.97 Å². The molecule has 3 heterocycles. The van der Waals surface area contributed by atoms with Crippen LogP contribution in [0.3, 0.4) is 0 Å². The van der Waals surface area contributed by atoms with E-state index in [2.05, 4.69) is 41.8 Å². The van der Waals surface area contributed by atoms with Crippen LogP contribution in [-0.2, 0) is 0 Å². The smallest absolute Gasteiger partial charge is 0.0993 e. The second-order valence-corrected chi connectivity index (χ2v) is 8.42. The predicted molar refractivity (Wildman–Crippen MR) is 84.1 cm³/mol. The molecule has 0 amide bonds. The molecule has 0 saturated heterocycles. The van der Waals surface area contributed by atoms with Gasteiger partial charge in [-0.05, 0) is 56.1 Å². The van der Waals surface area contributed by atoms with Gasteiger partial charge < -0.3 is 0 Å². The highest BCUT2D eigenvalue weighted by Crippen LogP contribution is 2.33. The largest absolute Gasteiger partial charge is 0.260 e. The van der Waals surface area contributed by atoms with Crippen LogP contribution < -0.4 is 0 Å². The van der Waals surface area contributed by atoms with E-state index in [0.717, 1.165) is 28.7 Å². The Bertz CT molecular complexity index is 635. The molecule has 0 aliphatic rings. The van der Waals surface area contributed by atoms with Gasteiger partial charge in [-0.2, -0.15) is 0 Å². The van der Waals surface area contributed by atoms with Crippen molar-refractivity contribution < 1.29 is 0 Å². The second-order valence-electron chi connectivity index (χ2n) is 3.50. The van der Waals surface area contributed by atoms with Crippen molar-refractivity contribution in [1.29, 1.82) is 0 Å². The van der Waals surface area contributed by atoms with Gasteiger partial charge in [0.25, 0.3) is 0 Å². The number of nitrogens with zero attached hydrogens (tertiary/aromatic N) is 2. The molecule has 0 radical (unpaired) electrons. The Morgan fingerprint density at radius 2 is 1.28 bits per heavy atom. The van der Waals surface area contributed by atoms with Crippen LogP contribution in [0.2, 0.25) is 0 Å². The zero-order valence-electron chi connectivity index (χ0n) is 8.93. The monoisotopic (exact) mass is 400 g/mol. The fraction of sp³-hybridized carbons (Fsp3) is 0. The summed E-state index contributed by atoms with van der Waals surface area (Å²) in [5.74, 6) is 0. The fourth-order valence-electron chi connectivity index (χ4n) is 1.51. The van der Waals surface area contributed by atoms with Gasteiger partial charge in [-0.15, -0.1) is 22.7 Å². The summed E-state index contributed by atoms with van der Waals surface area (Å²) in [5.41, 5.74) is 1.82. The van der Waals surface area contributed by atoms with Gasteiger partial charge in [0.2, 0.25) is 0 Å². The molecule has 3 aromatic rings.